The van der Waals surface area contributed by atoms with Crippen molar-refractivity contribution in [3.8, 4) is 10.4 Å². The molecule has 0 unspecified atom stereocenters. The summed E-state index contributed by atoms with van der Waals surface area (Å²) in [7, 11) is 2.18. The van der Waals surface area contributed by atoms with Crippen LogP contribution in [0.25, 0.3) is 10.4 Å². The molecule has 4 rings (SSSR count). The van der Waals surface area contributed by atoms with Gasteiger partial charge in [0.2, 0.25) is 0 Å². The molecule has 144 valence electrons. The molecule has 2 aromatic rings. The third-order valence-corrected chi connectivity index (χ3v) is 7.47. The van der Waals surface area contributed by atoms with Crippen LogP contribution >= 0.6 is 11.3 Å². The largest absolute Gasteiger partial charge is 0.369 e. The number of aryl methyl sites for hydroxylation is 1. The van der Waals surface area contributed by atoms with E-state index in [0.29, 0.717) is 5.41 Å². The zero-order chi connectivity index (χ0) is 19.2. The van der Waals surface area contributed by atoms with Crippen LogP contribution in [0.1, 0.15) is 48.0 Å². The molecule has 0 atom stereocenters. The minimum Gasteiger partial charge on any atom is -0.369 e. The van der Waals surface area contributed by atoms with Gasteiger partial charge in [-0.3, -0.25) is 4.79 Å². The van der Waals surface area contributed by atoms with Crippen LogP contribution in [0, 0.1) is 5.41 Å². The molecule has 1 saturated heterocycles. The van der Waals surface area contributed by atoms with Gasteiger partial charge in [-0.1, -0.05) is 26.0 Å². The van der Waals surface area contributed by atoms with Crippen LogP contribution in [-0.2, 0) is 12.8 Å². The molecule has 1 fully saturated rings. The van der Waals surface area contributed by atoms with Crippen molar-refractivity contribution >= 4 is 22.8 Å². The van der Waals surface area contributed by atoms with Crippen LogP contribution in [-0.4, -0.2) is 43.9 Å². The normalized spacial score (nSPS) is 19.8. The maximum Gasteiger partial charge on any atom is 0.161 e. The molecule has 1 aliphatic carbocycles. The molecule has 0 spiro atoms. The summed E-state index contributed by atoms with van der Waals surface area (Å²) in [4.78, 5) is 20.0. The number of ketones is 1. The van der Waals surface area contributed by atoms with Gasteiger partial charge in [0.1, 0.15) is 0 Å². The fraction of sp³-hybridized carbons (Fsp3) is 0.522. The Bertz CT molecular complexity index is 842. The third kappa shape index (κ3) is 3.70. The van der Waals surface area contributed by atoms with Gasteiger partial charge in [-0.05, 0) is 61.9 Å². The number of nitrogens with zero attached hydrogens (tertiary/aromatic N) is 2. The van der Waals surface area contributed by atoms with E-state index in [9.17, 15) is 4.79 Å². The molecule has 27 heavy (non-hydrogen) atoms. The van der Waals surface area contributed by atoms with Crippen LogP contribution in [0.3, 0.4) is 0 Å². The first-order chi connectivity index (χ1) is 12.8. The smallest absolute Gasteiger partial charge is 0.161 e. The van der Waals surface area contributed by atoms with Crippen LogP contribution in [0.4, 0.5) is 5.69 Å². The van der Waals surface area contributed by atoms with E-state index in [2.05, 4.69) is 55.0 Å². The Morgan fingerprint density at radius 2 is 1.74 bits per heavy atom. The molecule has 1 aromatic heterocycles. The van der Waals surface area contributed by atoms with E-state index in [1.807, 2.05) is 11.3 Å². The summed E-state index contributed by atoms with van der Waals surface area (Å²) in [5, 5.41) is 0. The highest BCUT2D eigenvalue weighted by Crippen LogP contribution is 2.45. The fourth-order valence-corrected chi connectivity index (χ4v) is 5.75. The second-order valence-corrected chi connectivity index (χ2v) is 10.0. The fourth-order valence-electron chi connectivity index (χ4n) is 4.38. The van der Waals surface area contributed by atoms with Crippen LogP contribution in [0.15, 0.2) is 24.3 Å². The van der Waals surface area contributed by atoms with Crippen molar-refractivity contribution in [3.05, 3.63) is 40.3 Å². The van der Waals surface area contributed by atoms with Gasteiger partial charge in [0.15, 0.2) is 5.78 Å². The summed E-state index contributed by atoms with van der Waals surface area (Å²) >= 11 is 1.84. The Kier molecular flexibility index (Phi) is 4.89. The molecular weight excluding hydrogens is 352 g/mol. The number of carbonyl (C=O) groups is 1. The number of hydrogen-bond donors (Lipinski definition) is 0. The van der Waals surface area contributed by atoms with Crippen LogP contribution in [0.5, 0.6) is 0 Å². The van der Waals surface area contributed by atoms with E-state index < -0.39 is 0 Å². The monoisotopic (exact) mass is 382 g/mol. The van der Waals surface area contributed by atoms with Crippen molar-refractivity contribution in [2.45, 2.75) is 40.0 Å². The van der Waals surface area contributed by atoms with Gasteiger partial charge in [0, 0.05) is 47.2 Å². The summed E-state index contributed by atoms with van der Waals surface area (Å²) in [6.07, 6.45) is 3.33. The van der Waals surface area contributed by atoms with Crippen LogP contribution < -0.4 is 4.90 Å². The first-order valence-electron chi connectivity index (χ1n) is 10.0. The summed E-state index contributed by atoms with van der Waals surface area (Å²) in [5.41, 5.74) is 5.08. The zero-order valence-electron chi connectivity index (χ0n) is 17.0. The second-order valence-electron chi connectivity index (χ2n) is 8.94. The average molecular weight is 383 g/mol. The molecule has 0 bridgehead atoms. The first-order valence-corrected chi connectivity index (χ1v) is 10.9. The molecule has 1 aromatic carbocycles. The number of hydrogen-bond acceptors (Lipinski definition) is 4. The van der Waals surface area contributed by atoms with Crippen molar-refractivity contribution in [2.75, 3.05) is 38.1 Å². The molecule has 0 amide bonds. The maximum absolute atomic E-state index is 12.5. The van der Waals surface area contributed by atoms with Gasteiger partial charge < -0.3 is 9.80 Å². The molecule has 1 aliphatic heterocycles. The lowest BCUT2D eigenvalue weighted by Crippen LogP contribution is -2.44. The van der Waals surface area contributed by atoms with E-state index in [-0.39, 0.29) is 5.78 Å². The molecule has 2 aliphatic rings. The van der Waals surface area contributed by atoms with Crippen molar-refractivity contribution in [3.63, 3.8) is 0 Å². The Labute approximate surface area is 167 Å². The molecule has 0 radical (unpaired) electrons. The number of piperazine rings is 1. The third-order valence-electron chi connectivity index (χ3n) is 6.12. The lowest BCUT2D eigenvalue weighted by molar-refractivity contribution is 0.101. The average Bonchev–Trinajstić information content (AvgIpc) is 3.00. The van der Waals surface area contributed by atoms with E-state index in [1.165, 1.54) is 33.0 Å². The number of carbonyl (C=O) groups excluding carboxylic acids is 1. The predicted octanol–water partition coefficient (Wildman–Crippen LogP) is 4.88. The van der Waals surface area contributed by atoms with E-state index in [0.717, 1.165) is 44.6 Å². The van der Waals surface area contributed by atoms with Crippen molar-refractivity contribution in [2.24, 2.45) is 5.41 Å². The summed E-state index contributed by atoms with van der Waals surface area (Å²) in [5.74, 6) is 0.211. The lowest BCUT2D eigenvalue weighted by atomic mass is 9.75. The number of likely N-dealkylation sites (N-methyl/N-ethyl adjacent to an activating group) is 1. The molecule has 3 nitrogen and oxygen atoms in total. The second kappa shape index (κ2) is 7.06. The number of Topliss-reactive ketones (excluding diaryl/α,β-unsaturated/α-hetero) is 1. The molecule has 2 heterocycles. The highest BCUT2D eigenvalue weighted by Gasteiger charge is 2.31. The maximum atomic E-state index is 12.5. The number of rotatable bonds is 3. The van der Waals surface area contributed by atoms with Crippen molar-refractivity contribution in [1.29, 1.82) is 0 Å². The van der Waals surface area contributed by atoms with E-state index in [1.54, 1.807) is 6.92 Å². The van der Waals surface area contributed by atoms with Gasteiger partial charge >= 0.3 is 0 Å². The number of benzene rings is 1. The Morgan fingerprint density at radius 3 is 2.37 bits per heavy atom. The van der Waals surface area contributed by atoms with Crippen molar-refractivity contribution in [1.82, 2.24) is 4.90 Å². The molecule has 4 heteroatoms. The highest BCUT2D eigenvalue weighted by molar-refractivity contribution is 7.16. The van der Waals surface area contributed by atoms with Gasteiger partial charge in [-0.25, -0.2) is 0 Å². The highest BCUT2D eigenvalue weighted by atomic mass is 32.1. The zero-order valence-corrected chi connectivity index (χ0v) is 17.8. The number of thiophene rings is 1. The minimum absolute atomic E-state index is 0.211. The predicted molar refractivity (Wildman–Crippen MR) is 115 cm³/mol. The standard InChI is InChI=1S/C23H30N2OS/c1-16(26)21-19-15-23(2,3)10-9-20(19)27-22(21)17-5-7-18(8-6-17)25-13-11-24(4)12-14-25/h5-8H,9-15H2,1-4H3. The van der Waals surface area contributed by atoms with Crippen molar-refractivity contribution < 1.29 is 4.79 Å². The van der Waals surface area contributed by atoms with E-state index in [4.69, 9.17) is 0 Å². The Hall–Kier alpha value is -1.65. The lowest BCUT2D eigenvalue weighted by Gasteiger charge is -2.34. The SMILES string of the molecule is CC(=O)c1c(-c2ccc(N3CCN(C)CC3)cc2)sc2c1CC(C)(C)CC2. The number of anilines is 1. The quantitative estimate of drug-likeness (QED) is 0.707. The van der Waals surface area contributed by atoms with Crippen LogP contribution in [0.2, 0.25) is 0 Å². The van der Waals surface area contributed by atoms with Gasteiger partial charge in [0.25, 0.3) is 0 Å². The van der Waals surface area contributed by atoms with E-state index >= 15 is 0 Å². The Balaban J connectivity index is 1.66. The molecule has 0 N–H and O–H groups in total. The summed E-state index contributed by atoms with van der Waals surface area (Å²) in [6.45, 7) is 10.8. The summed E-state index contributed by atoms with van der Waals surface area (Å²) in [6, 6.07) is 8.88. The summed E-state index contributed by atoms with van der Waals surface area (Å²) < 4.78 is 0. The van der Waals surface area contributed by atoms with Gasteiger partial charge in [-0.2, -0.15) is 0 Å². The number of fused-ring (bicyclic) bond motifs is 1. The van der Waals surface area contributed by atoms with Gasteiger partial charge in [0.05, 0.1) is 0 Å². The minimum atomic E-state index is 0.211. The molecular formula is C23H30N2OS. The van der Waals surface area contributed by atoms with Gasteiger partial charge in [-0.15, -0.1) is 11.3 Å². The Morgan fingerprint density at radius 1 is 1.07 bits per heavy atom. The first kappa shape index (κ1) is 18.7. The topological polar surface area (TPSA) is 23.6 Å². The molecule has 0 saturated carbocycles.